The number of nitrogens with zero attached hydrogens (tertiary/aromatic N) is 4. The van der Waals surface area contributed by atoms with E-state index in [2.05, 4.69) is 15.6 Å². The predicted octanol–water partition coefficient (Wildman–Crippen LogP) is 4.39. The Kier molecular flexibility index (Phi) is 7.17. The van der Waals surface area contributed by atoms with E-state index in [4.69, 9.17) is 16.1 Å². The number of nitrogens with one attached hydrogen (secondary N) is 1. The maximum atomic E-state index is 12.8. The van der Waals surface area contributed by atoms with Crippen LogP contribution in [-0.2, 0) is 16.1 Å². The maximum absolute atomic E-state index is 12.8. The van der Waals surface area contributed by atoms with E-state index in [1.54, 1.807) is 24.0 Å². The third-order valence-corrected chi connectivity index (χ3v) is 6.53. The number of benzene rings is 1. The lowest BCUT2D eigenvalue weighted by Crippen LogP contribution is -2.40. The number of aromatic nitrogens is 3. The van der Waals surface area contributed by atoms with Crippen LogP contribution >= 0.6 is 11.6 Å². The molecule has 2 aromatic heterocycles. The highest BCUT2D eigenvalue weighted by Crippen LogP contribution is 2.22. The molecule has 0 atom stereocenters. The molecule has 178 valence electrons. The van der Waals surface area contributed by atoms with Gasteiger partial charge in [-0.25, -0.2) is 0 Å². The number of carbonyl (C=O) groups is 2. The zero-order chi connectivity index (χ0) is 24.2. The van der Waals surface area contributed by atoms with Gasteiger partial charge in [-0.3, -0.25) is 14.3 Å². The van der Waals surface area contributed by atoms with Crippen LogP contribution in [0.4, 0.5) is 5.82 Å². The molecule has 1 fully saturated rings. The van der Waals surface area contributed by atoms with Crippen LogP contribution in [0.15, 0.2) is 40.9 Å². The zero-order valence-corrected chi connectivity index (χ0v) is 20.3. The molecule has 2 amide bonds. The molecule has 1 aliphatic rings. The summed E-state index contributed by atoms with van der Waals surface area (Å²) in [5.41, 5.74) is 3.75. The molecule has 8 nitrogen and oxygen atoms in total. The molecule has 34 heavy (non-hydrogen) atoms. The van der Waals surface area contributed by atoms with E-state index in [0.717, 1.165) is 22.5 Å². The van der Waals surface area contributed by atoms with Gasteiger partial charge in [0.05, 0.1) is 12.2 Å². The van der Waals surface area contributed by atoms with Gasteiger partial charge in [0.15, 0.2) is 5.82 Å². The van der Waals surface area contributed by atoms with E-state index in [1.807, 2.05) is 48.9 Å². The van der Waals surface area contributed by atoms with Crippen LogP contribution in [0.5, 0.6) is 0 Å². The van der Waals surface area contributed by atoms with E-state index < -0.39 is 0 Å². The minimum atomic E-state index is -0.155. The molecule has 0 bridgehead atoms. The zero-order valence-electron chi connectivity index (χ0n) is 19.5. The SMILES string of the molecule is Cc1cc(NC(=O)C2CCN(C(=O)/C=C/c3c(C)nn(Cc4ccccc4Cl)c3C)CC2)no1. The number of anilines is 1. The van der Waals surface area contributed by atoms with E-state index in [-0.39, 0.29) is 17.7 Å². The highest BCUT2D eigenvalue weighted by Gasteiger charge is 2.27. The number of hydrogen-bond acceptors (Lipinski definition) is 5. The Morgan fingerprint density at radius 2 is 1.94 bits per heavy atom. The summed E-state index contributed by atoms with van der Waals surface area (Å²) in [6.45, 7) is 7.32. The molecule has 1 saturated heterocycles. The average Bonchev–Trinajstić information content (AvgIpc) is 3.35. The maximum Gasteiger partial charge on any atom is 0.246 e. The van der Waals surface area contributed by atoms with Crippen molar-refractivity contribution in [2.24, 2.45) is 5.92 Å². The highest BCUT2D eigenvalue weighted by atomic mass is 35.5. The quantitative estimate of drug-likeness (QED) is 0.527. The van der Waals surface area contributed by atoms with E-state index in [0.29, 0.717) is 49.1 Å². The van der Waals surface area contributed by atoms with Crippen LogP contribution in [0.2, 0.25) is 5.02 Å². The molecule has 1 N–H and O–H groups in total. The van der Waals surface area contributed by atoms with Crippen molar-refractivity contribution >= 4 is 35.3 Å². The first-order valence-corrected chi connectivity index (χ1v) is 11.7. The lowest BCUT2D eigenvalue weighted by Gasteiger charge is -2.30. The van der Waals surface area contributed by atoms with E-state index in [1.165, 1.54) is 0 Å². The summed E-state index contributed by atoms with van der Waals surface area (Å²) in [7, 11) is 0. The van der Waals surface area contributed by atoms with Crippen LogP contribution in [0.1, 0.15) is 41.1 Å². The van der Waals surface area contributed by atoms with Crippen LogP contribution in [0.25, 0.3) is 6.08 Å². The van der Waals surface area contributed by atoms with Crippen molar-refractivity contribution in [1.29, 1.82) is 0 Å². The molecule has 9 heteroatoms. The Morgan fingerprint density at radius 1 is 1.21 bits per heavy atom. The Bertz CT molecular complexity index is 1220. The fourth-order valence-corrected chi connectivity index (χ4v) is 4.37. The number of aryl methyl sites for hydroxylation is 2. The average molecular weight is 482 g/mol. The number of amides is 2. The normalized spacial score (nSPS) is 14.6. The summed E-state index contributed by atoms with van der Waals surface area (Å²) in [6, 6.07) is 9.38. The van der Waals surface area contributed by atoms with Gasteiger partial charge in [-0.1, -0.05) is 35.0 Å². The monoisotopic (exact) mass is 481 g/mol. The lowest BCUT2D eigenvalue weighted by molar-refractivity contribution is -0.130. The standard InChI is InChI=1S/C25H28ClN5O3/c1-16-14-23(29-34-16)27-25(33)19-10-12-30(13-11-19)24(32)9-8-21-17(2)28-31(18(21)3)15-20-6-4-5-7-22(20)26/h4-9,14,19H,10-13,15H2,1-3H3,(H,27,29,33)/b9-8+. The Labute approximate surface area is 203 Å². The molecule has 4 rings (SSSR count). The molecule has 3 heterocycles. The number of piperidine rings is 1. The molecule has 1 aromatic carbocycles. The first kappa shape index (κ1) is 23.8. The molecule has 0 aliphatic carbocycles. The van der Waals surface area contributed by atoms with Crippen molar-refractivity contribution in [2.75, 3.05) is 18.4 Å². The van der Waals surface area contributed by atoms with Gasteiger partial charge in [0.2, 0.25) is 11.8 Å². The molecular weight excluding hydrogens is 454 g/mol. The van der Waals surface area contributed by atoms with Crippen LogP contribution < -0.4 is 5.32 Å². The van der Waals surface area contributed by atoms with Crippen LogP contribution in [0.3, 0.4) is 0 Å². The molecule has 3 aromatic rings. The predicted molar refractivity (Wildman–Crippen MR) is 130 cm³/mol. The Morgan fingerprint density at radius 3 is 2.62 bits per heavy atom. The number of rotatable bonds is 6. The smallest absolute Gasteiger partial charge is 0.246 e. The third-order valence-electron chi connectivity index (χ3n) is 6.16. The van der Waals surface area contributed by atoms with Crippen molar-refractivity contribution in [2.45, 2.75) is 40.2 Å². The van der Waals surface area contributed by atoms with Gasteiger partial charge in [-0.05, 0) is 51.3 Å². The van der Waals surface area contributed by atoms with Crippen molar-refractivity contribution < 1.29 is 14.1 Å². The molecule has 0 saturated carbocycles. The summed E-state index contributed by atoms with van der Waals surface area (Å²) in [5.74, 6) is 0.751. The summed E-state index contributed by atoms with van der Waals surface area (Å²) in [5, 5.41) is 11.9. The molecule has 0 spiro atoms. The van der Waals surface area contributed by atoms with Crippen molar-refractivity contribution in [3.63, 3.8) is 0 Å². The second-order valence-electron chi connectivity index (χ2n) is 8.58. The van der Waals surface area contributed by atoms with Gasteiger partial charge in [-0.2, -0.15) is 5.10 Å². The van der Waals surface area contributed by atoms with Gasteiger partial charge < -0.3 is 14.7 Å². The van der Waals surface area contributed by atoms with Crippen LogP contribution in [0, 0.1) is 26.7 Å². The molecular formula is C25H28ClN5O3. The minimum Gasteiger partial charge on any atom is -0.360 e. The lowest BCUT2D eigenvalue weighted by atomic mass is 9.96. The van der Waals surface area contributed by atoms with Gasteiger partial charge in [0.1, 0.15) is 5.76 Å². The largest absolute Gasteiger partial charge is 0.360 e. The summed E-state index contributed by atoms with van der Waals surface area (Å²) >= 11 is 6.30. The summed E-state index contributed by atoms with van der Waals surface area (Å²) in [6.07, 6.45) is 4.64. The number of halogens is 1. The second kappa shape index (κ2) is 10.3. The number of hydrogen-bond donors (Lipinski definition) is 1. The van der Waals surface area contributed by atoms with Gasteiger partial charge in [0, 0.05) is 47.4 Å². The Hall–Kier alpha value is -3.39. The topological polar surface area (TPSA) is 93.3 Å². The Balaban J connectivity index is 1.34. The van der Waals surface area contributed by atoms with Crippen molar-refractivity contribution in [3.05, 3.63) is 69.7 Å². The molecule has 1 aliphatic heterocycles. The van der Waals surface area contributed by atoms with Gasteiger partial charge in [-0.15, -0.1) is 0 Å². The first-order chi connectivity index (χ1) is 16.3. The summed E-state index contributed by atoms with van der Waals surface area (Å²) < 4.78 is 6.88. The van der Waals surface area contributed by atoms with E-state index >= 15 is 0 Å². The van der Waals surface area contributed by atoms with Gasteiger partial charge in [0.25, 0.3) is 0 Å². The van der Waals surface area contributed by atoms with Gasteiger partial charge >= 0.3 is 0 Å². The second-order valence-corrected chi connectivity index (χ2v) is 8.99. The fourth-order valence-electron chi connectivity index (χ4n) is 4.17. The minimum absolute atomic E-state index is 0.0661. The van der Waals surface area contributed by atoms with Crippen molar-refractivity contribution in [1.82, 2.24) is 19.8 Å². The van der Waals surface area contributed by atoms with E-state index in [9.17, 15) is 9.59 Å². The number of likely N-dealkylation sites (tertiary alicyclic amines) is 1. The van der Waals surface area contributed by atoms with Crippen LogP contribution in [-0.4, -0.2) is 44.7 Å². The highest BCUT2D eigenvalue weighted by molar-refractivity contribution is 6.31. The number of carbonyl (C=O) groups excluding carboxylic acids is 2. The third kappa shape index (κ3) is 5.39. The fraction of sp³-hybridized carbons (Fsp3) is 0.360. The first-order valence-electron chi connectivity index (χ1n) is 11.3. The summed E-state index contributed by atoms with van der Waals surface area (Å²) in [4.78, 5) is 27.0. The molecule has 0 radical (unpaired) electrons. The molecule has 0 unspecified atom stereocenters. The van der Waals surface area contributed by atoms with Crippen molar-refractivity contribution in [3.8, 4) is 0 Å².